The van der Waals surface area contributed by atoms with Crippen molar-refractivity contribution in [3.8, 4) is 0 Å². The molecule has 110 valence electrons. The summed E-state index contributed by atoms with van der Waals surface area (Å²) in [6, 6.07) is 2.77. The van der Waals surface area contributed by atoms with Gasteiger partial charge in [0.1, 0.15) is 0 Å². The van der Waals surface area contributed by atoms with Gasteiger partial charge in [-0.1, -0.05) is 31.9 Å². The molecule has 1 aliphatic carbocycles. The van der Waals surface area contributed by atoms with E-state index in [1.807, 2.05) is 0 Å². The molecular formula is C15H21BF2O2. The van der Waals surface area contributed by atoms with Crippen molar-refractivity contribution in [1.29, 1.82) is 0 Å². The van der Waals surface area contributed by atoms with Gasteiger partial charge in [-0.05, 0) is 43.1 Å². The minimum atomic E-state index is -1.97. The van der Waals surface area contributed by atoms with Crippen molar-refractivity contribution in [3.05, 3.63) is 29.3 Å². The van der Waals surface area contributed by atoms with Crippen molar-refractivity contribution in [1.82, 2.24) is 0 Å². The third kappa shape index (κ3) is 3.21. The Morgan fingerprint density at radius 1 is 1.10 bits per heavy atom. The Bertz CT molecular complexity index is 457. The fraction of sp³-hybridized carbons (Fsp3) is 0.600. The van der Waals surface area contributed by atoms with Crippen molar-refractivity contribution in [2.45, 2.75) is 51.4 Å². The van der Waals surface area contributed by atoms with Crippen LogP contribution < -0.4 is 5.46 Å². The molecule has 0 atom stereocenters. The van der Waals surface area contributed by atoms with Crippen LogP contribution in [0.15, 0.2) is 12.1 Å². The smallest absolute Gasteiger partial charge is 0.423 e. The summed E-state index contributed by atoms with van der Waals surface area (Å²) in [6.45, 7) is 2.17. The highest BCUT2D eigenvalue weighted by Crippen LogP contribution is 2.38. The fourth-order valence-corrected chi connectivity index (χ4v) is 3.26. The van der Waals surface area contributed by atoms with Crippen molar-refractivity contribution in [2.24, 2.45) is 5.92 Å². The summed E-state index contributed by atoms with van der Waals surface area (Å²) in [5.74, 6) is -1.30. The quantitative estimate of drug-likeness (QED) is 0.834. The van der Waals surface area contributed by atoms with Crippen LogP contribution in [0.1, 0.15) is 56.9 Å². The molecule has 0 saturated heterocycles. The topological polar surface area (TPSA) is 40.5 Å². The average molecular weight is 282 g/mol. The molecule has 20 heavy (non-hydrogen) atoms. The van der Waals surface area contributed by atoms with Gasteiger partial charge in [0.15, 0.2) is 11.6 Å². The molecule has 0 unspecified atom stereocenters. The number of benzene rings is 1. The summed E-state index contributed by atoms with van der Waals surface area (Å²) in [6.07, 6.45) is 6.25. The first-order valence-corrected chi connectivity index (χ1v) is 7.38. The lowest BCUT2D eigenvalue weighted by atomic mass is 9.74. The maximum Gasteiger partial charge on any atom is 0.491 e. The van der Waals surface area contributed by atoms with E-state index in [0.717, 1.165) is 25.7 Å². The molecule has 0 spiro atoms. The van der Waals surface area contributed by atoms with E-state index >= 15 is 0 Å². The standard InChI is InChI=1S/C15H21BF2O2/c1-2-3-10-4-6-11(7-5-10)12-8-9-13(16(19)20)15(18)14(12)17/h8-11,19-20H,2-7H2,1H3. The first-order chi connectivity index (χ1) is 9.54. The van der Waals surface area contributed by atoms with E-state index < -0.39 is 24.2 Å². The molecule has 0 bridgehead atoms. The highest BCUT2D eigenvalue weighted by molar-refractivity contribution is 6.58. The Morgan fingerprint density at radius 2 is 1.75 bits per heavy atom. The second-order valence-electron chi connectivity index (χ2n) is 5.75. The maximum atomic E-state index is 14.1. The number of rotatable bonds is 4. The Morgan fingerprint density at radius 3 is 2.30 bits per heavy atom. The maximum absolute atomic E-state index is 14.1. The monoisotopic (exact) mass is 282 g/mol. The lowest BCUT2D eigenvalue weighted by Crippen LogP contribution is -2.34. The fourth-order valence-electron chi connectivity index (χ4n) is 3.26. The third-order valence-corrected chi connectivity index (χ3v) is 4.40. The summed E-state index contributed by atoms with van der Waals surface area (Å²) < 4.78 is 27.8. The lowest BCUT2D eigenvalue weighted by molar-refractivity contribution is 0.303. The van der Waals surface area contributed by atoms with Gasteiger partial charge in [-0.25, -0.2) is 8.78 Å². The zero-order chi connectivity index (χ0) is 14.7. The van der Waals surface area contributed by atoms with Crippen molar-refractivity contribution >= 4 is 12.6 Å². The van der Waals surface area contributed by atoms with Crippen LogP contribution in [-0.2, 0) is 0 Å². The van der Waals surface area contributed by atoms with Gasteiger partial charge >= 0.3 is 7.12 Å². The molecule has 2 nitrogen and oxygen atoms in total. The van der Waals surface area contributed by atoms with E-state index in [-0.39, 0.29) is 5.92 Å². The lowest BCUT2D eigenvalue weighted by Gasteiger charge is -2.29. The van der Waals surface area contributed by atoms with Crippen LogP contribution in [0.4, 0.5) is 8.78 Å². The van der Waals surface area contributed by atoms with Crippen LogP contribution in [0.3, 0.4) is 0 Å². The second-order valence-corrected chi connectivity index (χ2v) is 5.75. The molecule has 0 amide bonds. The van der Waals surface area contributed by atoms with Gasteiger partial charge < -0.3 is 10.0 Å². The highest BCUT2D eigenvalue weighted by Gasteiger charge is 2.27. The molecule has 1 fully saturated rings. The van der Waals surface area contributed by atoms with Crippen molar-refractivity contribution in [2.75, 3.05) is 0 Å². The van der Waals surface area contributed by atoms with E-state index in [1.165, 1.54) is 25.0 Å². The Balaban J connectivity index is 2.13. The molecule has 5 heteroatoms. The molecule has 0 aromatic heterocycles. The van der Waals surface area contributed by atoms with E-state index in [2.05, 4.69) is 6.92 Å². The zero-order valence-corrected chi connectivity index (χ0v) is 11.8. The molecule has 2 rings (SSSR count). The van der Waals surface area contributed by atoms with Gasteiger partial charge in [0.25, 0.3) is 0 Å². The van der Waals surface area contributed by atoms with Crippen LogP contribution in [0.2, 0.25) is 0 Å². The summed E-state index contributed by atoms with van der Waals surface area (Å²) >= 11 is 0. The zero-order valence-electron chi connectivity index (χ0n) is 11.8. The number of halogens is 2. The second kappa shape index (κ2) is 6.68. The third-order valence-electron chi connectivity index (χ3n) is 4.40. The van der Waals surface area contributed by atoms with Crippen LogP contribution in [0, 0.1) is 17.6 Å². The summed E-state index contributed by atoms with van der Waals surface area (Å²) in [4.78, 5) is 0. The van der Waals surface area contributed by atoms with E-state index in [0.29, 0.717) is 11.5 Å². The molecule has 1 aliphatic rings. The minimum absolute atomic E-state index is 0.0440. The predicted molar refractivity (Wildman–Crippen MR) is 75.8 cm³/mol. The van der Waals surface area contributed by atoms with Crippen molar-refractivity contribution in [3.63, 3.8) is 0 Å². The average Bonchev–Trinajstić information content (AvgIpc) is 2.43. The predicted octanol–water partition coefficient (Wildman–Crippen LogP) is 2.72. The Labute approximate surface area is 119 Å². The Kier molecular flexibility index (Phi) is 5.16. The normalized spacial score (nSPS) is 22.9. The molecule has 2 N–H and O–H groups in total. The summed E-state index contributed by atoms with van der Waals surface area (Å²) in [5, 5.41) is 17.9. The van der Waals surface area contributed by atoms with Crippen LogP contribution in [0.25, 0.3) is 0 Å². The molecule has 1 aromatic rings. The number of hydrogen-bond acceptors (Lipinski definition) is 2. The summed E-state index contributed by atoms with van der Waals surface area (Å²) in [7, 11) is -1.97. The first-order valence-electron chi connectivity index (χ1n) is 7.38. The van der Waals surface area contributed by atoms with E-state index in [4.69, 9.17) is 10.0 Å². The van der Waals surface area contributed by atoms with E-state index in [1.54, 1.807) is 0 Å². The van der Waals surface area contributed by atoms with Gasteiger partial charge in [0.2, 0.25) is 0 Å². The van der Waals surface area contributed by atoms with Crippen molar-refractivity contribution < 1.29 is 18.8 Å². The molecular weight excluding hydrogens is 261 g/mol. The van der Waals surface area contributed by atoms with Gasteiger partial charge in [0, 0.05) is 5.46 Å². The minimum Gasteiger partial charge on any atom is -0.423 e. The molecule has 0 heterocycles. The largest absolute Gasteiger partial charge is 0.491 e. The van der Waals surface area contributed by atoms with E-state index in [9.17, 15) is 8.78 Å². The molecule has 1 aromatic carbocycles. The van der Waals surface area contributed by atoms with Gasteiger partial charge in [-0.3, -0.25) is 0 Å². The molecule has 0 aliphatic heterocycles. The molecule has 0 radical (unpaired) electrons. The van der Waals surface area contributed by atoms with Crippen LogP contribution >= 0.6 is 0 Å². The molecule has 1 saturated carbocycles. The SMILES string of the molecule is CCCC1CCC(c2ccc(B(O)O)c(F)c2F)CC1. The first kappa shape index (κ1) is 15.5. The Hall–Kier alpha value is -0.935. The summed E-state index contributed by atoms with van der Waals surface area (Å²) in [5.41, 5.74) is -0.0206. The van der Waals surface area contributed by atoms with Crippen LogP contribution in [0.5, 0.6) is 0 Å². The van der Waals surface area contributed by atoms with Gasteiger partial charge in [-0.15, -0.1) is 0 Å². The van der Waals surface area contributed by atoms with Gasteiger partial charge in [-0.2, -0.15) is 0 Å². The van der Waals surface area contributed by atoms with Gasteiger partial charge in [0.05, 0.1) is 0 Å². The highest BCUT2D eigenvalue weighted by atomic mass is 19.2. The number of hydrogen-bond donors (Lipinski definition) is 2. The van der Waals surface area contributed by atoms with Crippen LogP contribution in [-0.4, -0.2) is 17.2 Å².